The summed E-state index contributed by atoms with van der Waals surface area (Å²) < 4.78 is 11.6. The molecule has 0 unspecified atom stereocenters. The van der Waals surface area contributed by atoms with E-state index in [1.54, 1.807) is 18.7 Å². The number of carbonyl (C=O) groups is 3. The van der Waals surface area contributed by atoms with Crippen LogP contribution < -0.4 is 25.2 Å². The van der Waals surface area contributed by atoms with Crippen molar-refractivity contribution in [2.75, 3.05) is 42.6 Å². The number of ether oxygens (including phenoxy) is 2. The van der Waals surface area contributed by atoms with Gasteiger partial charge in [0, 0.05) is 38.0 Å². The minimum Gasteiger partial charge on any atom is -0.476 e. The highest BCUT2D eigenvalue weighted by Crippen LogP contribution is 2.43. The van der Waals surface area contributed by atoms with Crippen molar-refractivity contribution in [1.29, 1.82) is 0 Å². The van der Waals surface area contributed by atoms with Gasteiger partial charge in [-0.2, -0.15) is 0 Å². The van der Waals surface area contributed by atoms with E-state index in [0.717, 1.165) is 24.1 Å². The number of benzene rings is 2. The molecule has 2 N–H and O–H groups in total. The third kappa shape index (κ3) is 6.32. The minimum atomic E-state index is -0.995. The van der Waals surface area contributed by atoms with Gasteiger partial charge in [0.1, 0.15) is 5.75 Å². The molecular weight excluding hydrogens is 532 g/mol. The van der Waals surface area contributed by atoms with Crippen LogP contribution >= 0.6 is 0 Å². The summed E-state index contributed by atoms with van der Waals surface area (Å²) in [6.45, 7) is 11.9. The van der Waals surface area contributed by atoms with Crippen LogP contribution in [0.3, 0.4) is 0 Å². The smallest absolute Gasteiger partial charge is 0.270 e. The number of amides is 3. The fraction of sp³-hybridized carbons (Fsp3) is 0.545. The van der Waals surface area contributed by atoms with Crippen LogP contribution in [0.25, 0.3) is 0 Å². The molecule has 226 valence electrons. The van der Waals surface area contributed by atoms with Crippen LogP contribution in [0.5, 0.6) is 5.75 Å². The number of rotatable bonds is 10. The maximum absolute atomic E-state index is 14.1. The van der Waals surface area contributed by atoms with Crippen LogP contribution in [0.2, 0.25) is 0 Å². The van der Waals surface area contributed by atoms with Crippen molar-refractivity contribution < 1.29 is 23.9 Å². The first-order valence-corrected chi connectivity index (χ1v) is 15.2. The van der Waals surface area contributed by atoms with Crippen molar-refractivity contribution in [3.05, 3.63) is 54.1 Å². The van der Waals surface area contributed by atoms with Gasteiger partial charge < -0.3 is 29.9 Å². The van der Waals surface area contributed by atoms with E-state index >= 15 is 0 Å². The quantitative estimate of drug-likeness (QED) is 0.415. The van der Waals surface area contributed by atoms with Crippen LogP contribution in [0.1, 0.15) is 59.4 Å². The van der Waals surface area contributed by atoms with Crippen molar-refractivity contribution in [2.24, 2.45) is 11.8 Å². The summed E-state index contributed by atoms with van der Waals surface area (Å²) in [4.78, 5) is 44.4. The van der Waals surface area contributed by atoms with Crippen molar-refractivity contribution in [2.45, 2.75) is 71.1 Å². The lowest BCUT2D eigenvalue weighted by molar-refractivity contribution is -0.133. The fourth-order valence-electron chi connectivity index (χ4n) is 5.94. The standard InChI is InChI=1S/C33H44N4O5/c1-6-41-17-16-36-27-19-26(14-15-28(27)42-33(4,5)31(36)40)37(25-12-13-25)30(39)23-18-22(20-34-21-23)29(38)35-32(2,3)24-10-8-7-9-11-24/h7-11,14-15,19,22-23,25,34H,6,12-13,16-18,20-21H2,1-5H3,(H,35,38)/t22-,23+/m0/s1. The molecule has 1 saturated heterocycles. The van der Waals surface area contributed by atoms with Crippen LogP contribution in [-0.4, -0.2) is 62.2 Å². The summed E-state index contributed by atoms with van der Waals surface area (Å²) in [6, 6.07) is 15.7. The molecule has 3 aliphatic rings. The maximum Gasteiger partial charge on any atom is 0.270 e. The largest absolute Gasteiger partial charge is 0.476 e. The number of hydrogen-bond acceptors (Lipinski definition) is 6. The van der Waals surface area contributed by atoms with E-state index in [4.69, 9.17) is 9.47 Å². The van der Waals surface area contributed by atoms with Gasteiger partial charge in [0.05, 0.1) is 29.7 Å². The first-order valence-electron chi connectivity index (χ1n) is 15.2. The number of carbonyl (C=O) groups excluding carboxylic acids is 3. The summed E-state index contributed by atoms with van der Waals surface area (Å²) in [6.07, 6.45) is 2.33. The van der Waals surface area contributed by atoms with E-state index in [1.165, 1.54) is 0 Å². The fourth-order valence-corrected chi connectivity index (χ4v) is 5.94. The average molecular weight is 577 g/mol. The molecule has 0 aromatic heterocycles. The van der Waals surface area contributed by atoms with Crippen molar-refractivity contribution >= 4 is 29.1 Å². The number of nitrogens with one attached hydrogen (secondary N) is 2. The van der Waals surface area contributed by atoms with Gasteiger partial charge in [0.15, 0.2) is 5.60 Å². The van der Waals surface area contributed by atoms with E-state index in [-0.39, 0.29) is 35.6 Å². The van der Waals surface area contributed by atoms with E-state index < -0.39 is 11.1 Å². The zero-order chi connectivity index (χ0) is 30.1. The molecule has 3 amide bonds. The van der Waals surface area contributed by atoms with Crippen LogP contribution in [0.15, 0.2) is 48.5 Å². The van der Waals surface area contributed by atoms with E-state index in [0.29, 0.717) is 50.7 Å². The van der Waals surface area contributed by atoms with Gasteiger partial charge in [-0.15, -0.1) is 0 Å². The Labute approximate surface area is 248 Å². The molecule has 9 heteroatoms. The van der Waals surface area contributed by atoms with Gasteiger partial charge >= 0.3 is 0 Å². The normalized spacial score (nSPS) is 21.7. The van der Waals surface area contributed by atoms with Crippen molar-refractivity contribution in [1.82, 2.24) is 10.6 Å². The van der Waals surface area contributed by atoms with Gasteiger partial charge in [-0.05, 0) is 77.6 Å². The molecule has 5 rings (SSSR count). The minimum absolute atomic E-state index is 0.00835. The lowest BCUT2D eigenvalue weighted by Crippen LogP contribution is -2.53. The molecule has 42 heavy (non-hydrogen) atoms. The lowest BCUT2D eigenvalue weighted by Gasteiger charge is -2.39. The summed E-state index contributed by atoms with van der Waals surface area (Å²) >= 11 is 0. The SMILES string of the molecule is CCOCCN1C(=O)C(C)(C)Oc2ccc(N(C(=O)[C@H]3CNC[C@@H](C(=O)NC(C)(C)c4ccccc4)C3)C3CC3)cc21. The Bertz CT molecular complexity index is 1310. The third-order valence-electron chi connectivity index (χ3n) is 8.45. The molecule has 2 aliphatic heterocycles. The molecule has 1 saturated carbocycles. The first kappa shape index (κ1) is 30.0. The predicted molar refractivity (Wildman–Crippen MR) is 163 cm³/mol. The van der Waals surface area contributed by atoms with E-state index in [2.05, 4.69) is 10.6 Å². The Hall–Kier alpha value is -3.43. The predicted octanol–water partition coefficient (Wildman–Crippen LogP) is 4.00. The monoisotopic (exact) mass is 576 g/mol. The second-order valence-electron chi connectivity index (χ2n) is 12.6. The van der Waals surface area contributed by atoms with Crippen molar-refractivity contribution in [3.8, 4) is 5.75 Å². The summed E-state index contributed by atoms with van der Waals surface area (Å²) in [7, 11) is 0. The van der Waals surface area contributed by atoms with Gasteiger partial charge in [0.25, 0.3) is 5.91 Å². The molecule has 0 bridgehead atoms. The second-order valence-corrected chi connectivity index (χ2v) is 12.6. The highest BCUT2D eigenvalue weighted by atomic mass is 16.5. The van der Waals surface area contributed by atoms with Crippen molar-refractivity contribution in [3.63, 3.8) is 0 Å². The zero-order valence-corrected chi connectivity index (χ0v) is 25.4. The lowest BCUT2D eigenvalue weighted by atomic mass is 9.87. The van der Waals surface area contributed by atoms with Crippen LogP contribution in [0.4, 0.5) is 11.4 Å². The maximum atomic E-state index is 14.1. The van der Waals surface area contributed by atoms with E-state index in [1.807, 2.05) is 74.2 Å². The number of nitrogens with zero attached hydrogens (tertiary/aromatic N) is 2. The van der Waals surface area contributed by atoms with Gasteiger partial charge in [-0.3, -0.25) is 14.4 Å². The van der Waals surface area contributed by atoms with Crippen LogP contribution in [0, 0.1) is 11.8 Å². The molecular formula is C33H44N4O5. The molecule has 0 spiro atoms. The number of anilines is 2. The van der Waals surface area contributed by atoms with E-state index in [9.17, 15) is 14.4 Å². The zero-order valence-electron chi connectivity index (χ0n) is 25.4. The Kier molecular flexibility index (Phi) is 8.62. The topological polar surface area (TPSA) is 100 Å². The molecule has 9 nitrogen and oxygen atoms in total. The number of fused-ring (bicyclic) bond motifs is 1. The summed E-state index contributed by atoms with van der Waals surface area (Å²) in [5, 5.41) is 6.55. The molecule has 2 heterocycles. The van der Waals surface area contributed by atoms with Gasteiger partial charge in [-0.25, -0.2) is 0 Å². The Morgan fingerprint density at radius 3 is 2.52 bits per heavy atom. The molecule has 0 radical (unpaired) electrons. The Morgan fingerprint density at radius 1 is 1.12 bits per heavy atom. The number of hydrogen-bond donors (Lipinski definition) is 2. The molecule has 2 aromatic carbocycles. The molecule has 1 aliphatic carbocycles. The van der Waals surface area contributed by atoms with Gasteiger partial charge in [0.2, 0.25) is 11.8 Å². The molecule has 2 atom stereocenters. The Balaban J connectivity index is 1.34. The highest BCUT2D eigenvalue weighted by molar-refractivity contribution is 6.04. The first-order chi connectivity index (χ1) is 20.0. The Morgan fingerprint density at radius 2 is 1.83 bits per heavy atom. The second kappa shape index (κ2) is 12.1. The highest BCUT2D eigenvalue weighted by Gasteiger charge is 2.43. The third-order valence-corrected chi connectivity index (χ3v) is 8.45. The molecule has 2 aromatic rings. The summed E-state index contributed by atoms with van der Waals surface area (Å²) in [5.74, 6) is -0.225. The average Bonchev–Trinajstić information content (AvgIpc) is 3.81. The van der Waals surface area contributed by atoms with Gasteiger partial charge in [-0.1, -0.05) is 30.3 Å². The molecule has 2 fully saturated rings. The van der Waals surface area contributed by atoms with Crippen LogP contribution in [-0.2, 0) is 24.7 Å². The summed E-state index contributed by atoms with van der Waals surface area (Å²) in [5.41, 5.74) is 0.905. The number of piperidine rings is 1.